The third-order valence-electron chi connectivity index (χ3n) is 5.54. The van der Waals surface area contributed by atoms with E-state index in [0.717, 1.165) is 40.8 Å². The van der Waals surface area contributed by atoms with Gasteiger partial charge < -0.3 is 20.5 Å². The number of rotatable bonds is 5. The molecule has 1 saturated carbocycles. The van der Waals surface area contributed by atoms with E-state index in [4.69, 9.17) is 15.2 Å². The van der Waals surface area contributed by atoms with Crippen LogP contribution in [0.15, 0.2) is 65.7 Å². The summed E-state index contributed by atoms with van der Waals surface area (Å²) in [4.78, 5) is 12.5. The second kappa shape index (κ2) is 7.92. The average molecular weight is 416 g/mol. The van der Waals surface area contributed by atoms with Crippen LogP contribution in [0, 0.1) is 6.92 Å². The van der Waals surface area contributed by atoms with E-state index < -0.39 is 12.5 Å². The zero-order valence-electron chi connectivity index (χ0n) is 17.2. The number of aryl methyl sites for hydroxylation is 1. The predicted molar refractivity (Wildman–Crippen MR) is 119 cm³/mol. The van der Waals surface area contributed by atoms with Crippen LogP contribution in [0.2, 0.25) is 0 Å². The molecule has 5 rings (SSSR count). The fourth-order valence-corrected chi connectivity index (χ4v) is 3.63. The summed E-state index contributed by atoms with van der Waals surface area (Å²) in [5.41, 5.74) is 11.7. The zero-order valence-corrected chi connectivity index (χ0v) is 17.2. The van der Waals surface area contributed by atoms with E-state index in [1.165, 1.54) is 12.5 Å². The highest BCUT2D eigenvalue weighted by Crippen LogP contribution is 2.30. The normalized spacial score (nSPS) is 21.4. The molecule has 3 N–H and O–H groups in total. The first-order valence-electron chi connectivity index (χ1n) is 10.4. The molecular weight excluding hydrogens is 392 g/mol. The van der Waals surface area contributed by atoms with Gasteiger partial charge >= 0.3 is 0 Å². The Hall–Kier alpha value is -3.58. The maximum absolute atomic E-state index is 12.5. The van der Waals surface area contributed by atoms with Crippen LogP contribution >= 0.6 is 0 Å². The molecule has 1 aliphatic carbocycles. The van der Waals surface area contributed by atoms with Crippen LogP contribution in [-0.4, -0.2) is 24.3 Å². The third-order valence-corrected chi connectivity index (χ3v) is 5.54. The number of carbonyl (C=O) groups excluding carboxylic acids is 1. The van der Waals surface area contributed by atoms with Crippen molar-refractivity contribution < 1.29 is 14.3 Å². The maximum Gasteiger partial charge on any atom is 0.266 e. The van der Waals surface area contributed by atoms with Crippen LogP contribution in [0.25, 0.3) is 6.08 Å². The number of hydrogen-bond acceptors (Lipinski definition) is 6. The van der Waals surface area contributed by atoms with Gasteiger partial charge in [-0.2, -0.15) is 5.10 Å². The summed E-state index contributed by atoms with van der Waals surface area (Å²) in [5, 5.41) is 9.30. The molecule has 0 spiro atoms. The summed E-state index contributed by atoms with van der Waals surface area (Å²) in [6.07, 6.45) is 8.06. The molecule has 0 aromatic heterocycles. The standard InChI is InChI=1S/C24H24N4O3/c1-15-5-6-17(23(29)27-20-7-8-20)13-21(15)28-22(25)19(14-26-28)12-16-3-2-4-18(11-16)24-30-9-10-31-24/h2-6,9-14,20,22,24H,7-8,25H2,1H3,(H,27,29). The number of carbonyl (C=O) groups is 1. The van der Waals surface area contributed by atoms with Gasteiger partial charge in [0.05, 0.1) is 11.9 Å². The minimum Gasteiger partial charge on any atom is -0.455 e. The SMILES string of the molecule is Cc1ccc(C(=O)NC2CC2)cc1N1N=CC(=Cc2cccc(C3OC=CO3)c2)C1N. The quantitative estimate of drug-likeness (QED) is 0.778. The Bertz CT molecular complexity index is 1100. The molecule has 2 aromatic carbocycles. The molecule has 3 aliphatic rings. The zero-order chi connectivity index (χ0) is 21.4. The maximum atomic E-state index is 12.5. The van der Waals surface area contributed by atoms with Crippen LogP contribution in [0.4, 0.5) is 5.69 Å². The van der Waals surface area contributed by atoms with Crippen molar-refractivity contribution in [2.24, 2.45) is 10.8 Å². The van der Waals surface area contributed by atoms with Crippen LogP contribution < -0.4 is 16.1 Å². The van der Waals surface area contributed by atoms with Crippen molar-refractivity contribution in [3.05, 3.63) is 82.8 Å². The predicted octanol–water partition coefficient (Wildman–Crippen LogP) is 3.58. The van der Waals surface area contributed by atoms with E-state index in [1.807, 2.05) is 55.5 Å². The molecule has 7 nitrogen and oxygen atoms in total. The lowest BCUT2D eigenvalue weighted by Gasteiger charge is -2.23. The van der Waals surface area contributed by atoms with E-state index in [2.05, 4.69) is 10.4 Å². The third kappa shape index (κ3) is 4.04. The fourth-order valence-electron chi connectivity index (χ4n) is 3.63. The average Bonchev–Trinajstić information content (AvgIpc) is 3.27. The van der Waals surface area contributed by atoms with Crippen molar-refractivity contribution >= 4 is 23.9 Å². The molecule has 158 valence electrons. The van der Waals surface area contributed by atoms with E-state index in [-0.39, 0.29) is 5.91 Å². The Morgan fingerprint density at radius 1 is 1.19 bits per heavy atom. The highest BCUT2D eigenvalue weighted by Gasteiger charge is 2.27. The van der Waals surface area contributed by atoms with Gasteiger partial charge in [0, 0.05) is 22.7 Å². The monoisotopic (exact) mass is 416 g/mol. The number of benzene rings is 2. The summed E-state index contributed by atoms with van der Waals surface area (Å²) in [5.74, 6) is -0.0566. The fraction of sp³-hybridized carbons (Fsp3) is 0.250. The molecular formula is C24H24N4O3. The highest BCUT2D eigenvalue weighted by atomic mass is 16.7. The minimum absolute atomic E-state index is 0.0566. The first kappa shape index (κ1) is 19.4. The van der Waals surface area contributed by atoms with Crippen molar-refractivity contribution in [3.8, 4) is 0 Å². The van der Waals surface area contributed by atoms with Gasteiger partial charge in [-0.25, -0.2) is 5.01 Å². The Morgan fingerprint density at radius 2 is 2.00 bits per heavy atom. The van der Waals surface area contributed by atoms with Crippen LogP contribution in [-0.2, 0) is 9.47 Å². The molecule has 1 unspecified atom stereocenters. The Labute approximate surface area is 180 Å². The van der Waals surface area contributed by atoms with Gasteiger partial charge in [0.25, 0.3) is 12.2 Å². The van der Waals surface area contributed by atoms with Gasteiger partial charge in [-0.3, -0.25) is 4.79 Å². The van der Waals surface area contributed by atoms with E-state index in [1.54, 1.807) is 11.2 Å². The van der Waals surface area contributed by atoms with Crippen molar-refractivity contribution in [3.63, 3.8) is 0 Å². The smallest absolute Gasteiger partial charge is 0.266 e. The Kier molecular flexibility index (Phi) is 4.95. The number of hydrazone groups is 1. The van der Waals surface area contributed by atoms with Gasteiger partial charge in [-0.1, -0.05) is 24.3 Å². The van der Waals surface area contributed by atoms with E-state index in [0.29, 0.717) is 11.6 Å². The second-order valence-electron chi connectivity index (χ2n) is 7.97. The molecule has 2 heterocycles. The van der Waals surface area contributed by atoms with Crippen LogP contribution in [0.1, 0.15) is 46.2 Å². The molecule has 1 atom stereocenters. The molecule has 1 amide bonds. The van der Waals surface area contributed by atoms with Crippen LogP contribution in [0.5, 0.6) is 0 Å². The number of ether oxygens (including phenoxy) is 2. The summed E-state index contributed by atoms with van der Waals surface area (Å²) in [6.45, 7) is 1.99. The van der Waals surface area contributed by atoms with Crippen LogP contribution in [0.3, 0.4) is 0 Å². The first-order chi connectivity index (χ1) is 15.1. The minimum atomic E-state index is -0.454. The van der Waals surface area contributed by atoms with Crippen molar-refractivity contribution in [2.75, 3.05) is 5.01 Å². The molecule has 31 heavy (non-hydrogen) atoms. The van der Waals surface area contributed by atoms with Gasteiger partial charge in [0.1, 0.15) is 18.7 Å². The number of hydrogen-bond donors (Lipinski definition) is 2. The summed E-state index contributed by atoms with van der Waals surface area (Å²) in [6, 6.07) is 13.8. The van der Waals surface area contributed by atoms with E-state index >= 15 is 0 Å². The van der Waals surface area contributed by atoms with Crippen molar-refractivity contribution in [1.82, 2.24) is 5.32 Å². The van der Waals surface area contributed by atoms with Gasteiger partial charge in [-0.15, -0.1) is 0 Å². The lowest BCUT2D eigenvalue weighted by atomic mass is 10.1. The van der Waals surface area contributed by atoms with Crippen molar-refractivity contribution in [1.29, 1.82) is 0 Å². The van der Waals surface area contributed by atoms with E-state index in [9.17, 15) is 4.79 Å². The summed E-state index contributed by atoms with van der Waals surface area (Å²) < 4.78 is 10.8. The molecule has 2 aromatic rings. The summed E-state index contributed by atoms with van der Waals surface area (Å²) in [7, 11) is 0. The molecule has 7 heteroatoms. The first-order valence-corrected chi connectivity index (χ1v) is 10.4. The lowest BCUT2D eigenvalue weighted by molar-refractivity contribution is -0.0246. The Balaban J connectivity index is 1.36. The topological polar surface area (TPSA) is 89.2 Å². The number of nitrogens with one attached hydrogen (secondary N) is 1. The number of anilines is 1. The number of nitrogens with zero attached hydrogens (tertiary/aromatic N) is 2. The highest BCUT2D eigenvalue weighted by molar-refractivity contribution is 5.96. The molecule has 0 radical (unpaired) electrons. The van der Waals surface area contributed by atoms with Crippen molar-refractivity contribution in [2.45, 2.75) is 38.3 Å². The van der Waals surface area contributed by atoms with Gasteiger partial charge in [-0.05, 0) is 55.2 Å². The molecule has 0 saturated heterocycles. The number of amides is 1. The molecule has 0 bridgehead atoms. The second-order valence-corrected chi connectivity index (χ2v) is 7.97. The number of nitrogens with two attached hydrogens (primary N) is 1. The van der Waals surface area contributed by atoms with Gasteiger partial charge in [0.15, 0.2) is 0 Å². The largest absolute Gasteiger partial charge is 0.455 e. The lowest BCUT2D eigenvalue weighted by Crippen LogP contribution is -2.36. The Morgan fingerprint density at radius 3 is 2.77 bits per heavy atom. The summed E-state index contributed by atoms with van der Waals surface area (Å²) >= 11 is 0. The molecule has 1 fully saturated rings. The molecule has 2 aliphatic heterocycles. The van der Waals surface area contributed by atoms with Gasteiger partial charge in [0.2, 0.25) is 0 Å².